The molecule has 0 bridgehead atoms. The third kappa shape index (κ3) is 1.63. The third-order valence-electron chi connectivity index (χ3n) is 1.64. The van der Waals surface area contributed by atoms with Crippen molar-refractivity contribution in [2.75, 3.05) is 7.11 Å². The van der Waals surface area contributed by atoms with Crippen molar-refractivity contribution < 1.29 is 19.6 Å². The van der Waals surface area contributed by atoms with Gasteiger partial charge in [-0.05, 0) is 6.07 Å². The summed E-state index contributed by atoms with van der Waals surface area (Å²) in [4.78, 5) is 20.1. The number of phenolic OH excluding ortho intramolecular Hbond substituents is 1. The van der Waals surface area contributed by atoms with Crippen LogP contribution in [-0.4, -0.2) is 23.4 Å². The molecule has 0 atom stereocenters. The van der Waals surface area contributed by atoms with Crippen LogP contribution in [-0.2, 0) is 0 Å². The smallest absolute Gasteiger partial charge is 0.321 e. The number of rotatable bonds is 3. The maximum absolute atomic E-state index is 10.5. The highest BCUT2D eigenvalue weighted by molar-refractivity contribution is 5.84. The zero-order valence-corrected chi connectivity index (χ0v) is 7.26. The number of nitrogens with zero attached hydrogens (tertiary/aromatic N) is 1. The molecule has 0 spiro atoms. The first-order chi connectivity index (χ1) is 6.60. The van der Waals surface area contributed by atoms with E-state index >= 15 is 0 Å². The molecule has 0 aliphatic rings. The summed E-state index contributed by atoms with van der Waals surface area (Å²) in [7, 11) is 1.33. The Morgan fingerprint density at radius 2 is 2.21 bits per heavy atom. The Labute approximate surface area is 78.9 Å². The molecule has 6 heteroatoms. The van der Waals surface area contributed by atoms with Crippen molar-refractivity contribution in [1.82, 2.24) is 0 Å². The van der Waals surface area contributed by atoms with Gasteiger partial charge in [-0.3, -0.25) is 14.9 Å². The van der Waals surface area contributed by atoms with Crippen LogP contribution in [0, 0.1) is 10.1 Å². The molecule has 1 N–H and O–H groups in total. The SMILES string of the molecule is COc1cc(O)c([N+](=O)[O-])c(C=O)c1. The number of phenols is 1. The second-order valence-corrected chi connectivity index (χ2v) is 2.46. The van der Waals surface area contributed by atoms with Gasteiger partial charge in [0.05, 0.1) is 17.6 Å². The van der Waals surface area contributed by atoms with Crippen molar-refractivity contribution in [3.8, 4) is 11.5 Å². The molecule has 6 nitrogen and oxygen atoms in total. The highest BCUT2D eigenvalue weighted by atomic mass is 16.6. The third-order valence-corrected chi connectivity index (χ3v) is 1.64. The lowest BCUT2D eigenvalue weighted by Crippen LogP contribution is -1.96. The summed E-state index contributed by atoms with van der Waals surface area (Å²) >= 11 is 0. The van der Waals surface area contributed by atoms with Gasteiger partial charge in [0.25, 0.3) is 0 Å². The first-order valence-corrected chi connectivity index (χ1v) is 3.60. The summed E-state index contributed by atoms with van der Waals surface area (Å²) in [6, 6.07) is 2.26. The average molecular weight is 197 g/mol. The maximum atomic E-state index is 10.5. The minimum absolute atomic E-state index is 0.190. The van der Waals surface area contributed by atoms with Crippen LogP contribution in [0.2, 0.25) is 0 Å². The molecule has 14 heavy (non-hydrogen) atoms. The molecule has 1 rings (SSSR count). The van der Waals surface area contributed by atoms with E-state index in [4.69, 9.17) is 4.74 Å². The molecule has 0 unspecified atom stereocenters. The van der Waals surface area contributed by atoms with Crippen LogP contribution < -0.4 is 4.74 Å². The number of aldehydes is 1. The number of hydrogen-bond acceptors (Lipinski definition) is 5. The fourth-order valence-corrected chi connectivity index (χ4v) is 1.02. The number of nitro groups is 1. The van der Waals surface area contributed by atoms with E-state index in [0.29, 0.717) is 6.29 Å². The Morgan fingerprint density at radius 1 is 1.57 bits per heavy atom. The molecule has 0 saturated carbocycles. The quantitative estimate of drug-likeness (QED) is 0.445. The topological polar surface area (TPSA) is 89.7 Å². The molecule has 1 aromatic carbocycles. The van der Waals surface area contributed by atoms with Gasteiger partial charge in [0.15, 0.2) is 12.0 Å². The minimum Gasteiger partial charge on any atom is -0.502 e. The van der Waals surface area contributed by atoms with E-state index in [1.165, 1.54) is 13.2 Å². The van der Waals surface area contributed by atoms with Crippen molar-refractivity contribution in [2.24, 2.45) is 0 Å². The molecule has 0 saturated heterocycles. The summed E-state index contributed by atoms with van der Waals surface area (Å²) in [5.41, 5.74) is -0.826. The Kier molecular flexibility index (Phi) is 2.66. The molecule has 0 aromatic heterocycles. The van der Waals surface area contributed by atoms with Gasteiger partial charge < -0.3 is 9.84 Å². The largest absolute Gasteiger partial charge is 0.502 e. The Morgan fingerprint density at radius 3 is 2.64 bits per heavy atom. The van der Waals surface area contributed by atoms with Crippen LogP contribution in [0.3, 0.4) is 0 Å². The van der Waals surface area contributed by atoms with E-state index in [-0.39, 0.29) is 11.3 Å². The number of carbonyl (C=O) groups is 1. The van der Waals surface area contributed by atoms with Gasteiger partial charge in [-0.15, -0.1) is 0 Å². The number of benzene rings is 1. The fourth-order valence-electron chi connectivity index (χ4n) is 1.02. The van der Waals surface area contributed by atoms with E-state index in [1.54, 1.807) is 0 Å². The average Bonchev–Trinajstić information content (AvgIpc) is 2.15. The van der Waals surface area contributed by atoms with Gasteiger partial charge in [0, 0.05) is 6.07 Å². The number of methoxy groups -OCH3 is 1. The molecule has 0 aliphatic heterocycles. The zero-order valence-electron chi connectivity index (χ0n) is 7.26. The van der Waals surface area contributed by atoms with E-state index in [9.17, 15) is 20.0 Å². The van der Waals surface area contributed by atoms with E-state index < -0.39 is 16.4 Å². The summed E-state index contributed by atoms with van der Waals surface area (Å²) in [5.74, 6) is -0.397. The van der Waals surface area contributed by atoms with Gasteiger partial charge in [0.2, 0.25) is 0 Å². The number of hydrogen-bond donors (Lipinski definition) is 1. The molecule has 0 radical (unpaired) electrons. The van der Waals surface area contributed by atoms with Crippen LogP contribution in [0.15, 0.2) is 12.1 Å². The van der Waals surface area contributed by atoms with Gasteiger partial charge in [-0.2, -0.15) is 0 Å². The molecule has 74 valence electrons. The maximum Gasteiger partial charge on any atom is 0.321 e. The van der Waals surface area contributed by atoms with Crippen molar-refractivity contribution in [1.29, 1.82) is 0 Å². The Bertz CT molecular complexity index is 388. The van der Waals surface area contributed by atoms with Crippen LogP contribution in [0.1, 0.15) is 10.4 Å². The number of nitro benzene ring substituents is 1. The Hall–Kier alpha value is -2.11. The van der Waals surface area contributed by atoms with E-state index in [2.05, 4.69) is 0 Å². The van der Waals surface area contributed by atoms with Crippen molar-refractivity contribution >= 4 is 12.0 Å². The van der Waals surface area contributed by atoms with Gasteiger partial charge in [-0.25, -0.2) is 0 Å². The highest BCUT2D eigenvalue weighted by Crippen LogP contribution is 2.33. The van der Waals surface area contributed by atoms with Gasteiger partial charge in [0.1, 0.15) is 5.75 Å². The normalized spacial score (nSPS) is 9.50. The number of ether oxygens (including phenoxy) is 1. The lowest BCUT2D eigenvalue weighted by molar-refractivity contribution is -0.386. The zero-order chi connectivity index (χ0) is 10.7. The molecule has 1 aromatic rings. The standard InChI is InChI=1S/C8H7NO5/c1-14-6-2-5(4-10)8(9(12)13)7(11)3-6/h2-4,11H,1H3. The monoisotopic (exact) mass is 197 g/mol. The van der Waals surface area contributed by atoms with E-state index in [1.807, 2.05) is 0 Å². The predicted octanol–water partition coefficient (Wildman–Crippen LogP) is 1.12. The molecule has 0 heterocycles. The summed E-state index contributed by atoms with van der Waals surface area (Å²) in [6.45, 7) is 0. The van der Waals surface area contributed by atoms with Crippen LogP contribution in [0.25, 0.3) is 0 Å². The number of aromatic hydroxyl groups is 1. The second kappa shape index (κ2) is 3.73. The van der Waals surface area contributed by atoms with Crippen LogP contribution in [0.4, 0.5) is 5.69 Å². The predicted molar refractivity (Wildman–Crippen MR) is 46.7 cm³/mol. The van der Waals surface area contributed by atoms with Crippen LogP contribution in [0.5, 0.6) is 11.5 Å². The summed E-state index contributed by atoms with van der Waals surface area (Å²) < 4.78 is 4.73. The molecule has 0 aliphatic carbocycles. The molecular formula is C8H7NO5. The first-order valence-electron chi connectivity index (χ1n) is 3.60. The highest BCUT2D eigenvalue weighted by Gasteiger charge is 2.20. The second-order valence-electron chi connectivity index (χ2n) is 2.46. The van der Waals surface area contributed by atoms with Crippen LogP contribution >= 0.6 is 0 Å². The lowest BCUT2D eigenvalue weighted by Gasteiger charge is -2.02. The van der Waals surface area contributed by atoms with Crippen molar-refractivity contribution in [3.63, 3.8) is 0 Å². The Balaban J connectivity index is 3.42. The summed E-state index contributed by atoms with van der Waals surface area (Å²) in [6.07, 6.45) is 0.292. The first kappa shape index (κ1) is 9.97. The molecular weight excluding hydrogens is 190 g/mol. The van der Waals surface area contributed by atoms with Crippen molar-refractivity contribution in [3.05, 3.63) is 27.8 Å². The van der Waals surface area contributed by atoms with E-state index in [0.717, 1.165) is 6.07 Å². The van der Waals surface area contributed by atoms with Crippen molar-refractivity contribution in [2.45, 2.75) is 0 Å². The molecule has 0 amide bonds. The molecule has 0 fully saturated rings. The number of carbonyl (C=O) groups excluding carboxylic acids is 1. The minimum atomic E-state index is -0.821. The van der Waals surface area contributed by atoms with Gasteiger partial charge >= 0.3 is 5.69 Å². The summed E-state index contributed by atoms with van der Waals surface area (Å²) in [5, 5.41) is 19.7. The lowest BCUT2D eigenvalue weighted by atomic mass is 10.1. The van der Waals surface area contributed by atoms with Gasteiger partial charge in [-0.1, -0.05) is 0 Å². The fraction of sp³-hybridized carbons (Fsp3) is 0.125.